The Morgan fingerprint density at radius 3 is 2.50 bits per heavy atom. The first-order valence-corrected chi connectivity index (χ1v) is 10.0. The zero-order valence-electron chi connectivity index (χ0n) is 13.7. The lowest BCUT2D eigenvalue weighted by Gasteiger charge is -2.19. The van der Waals surface area contributed by atoms with Gasteiger partial charge in [-0.3, -0.25) is 0 Å². The van der Waals surface area contributed by atoms with Gasteiger partial charge in [0.1, 0.15) is 10.7 Å². The van der Waals surface area contributed by atoms with Crippen LogP contribution in [0.15, 0.2) is 59.5 Å². The van der Waals surface area contributed by atoms with E-state index in [1.165, 1.54) is 6.07 Å². The van der Waals surface area contributed by atoms with E-state index in [1.807, 2.05) is 37.3 Å². The summed E-state index contributed by atoms with van der Waals surface area (Å²) >= 11 is 11.7. The van der Waals surface area contributed by atoms with E-state index in [4.69, 9.17) is 29.0 Å². The molecule has 0 spiro atoms. The van der Waals surface area contributed by atoms with E-state index in [2.05, 4.69) is 0 Å². The minimum absolute atomic E-state index is 0.0969. The first-order valence-electron chi connectivity index (χ1n) is 7.69. The van der Waals surface area contributed by atoms with Gasteiger partial charge in [0.15, 0.2) is 0 Å². The van der Waals surface area contributed by atoms with Crippen molar-refractivity contribution in [3.63, 3.8) is 0 Å². The van der Waals surface area contributed by atoms with E-state index in [0.29, 0.717) is 21.0 Å². The van der Waals surface area contributed by atoms with E-state index >= 15 is 0 Å². The average molecular weight is 408 g/mol. The summed E-state index contributed by atoms with van der Waals surface area (Å²) in [5, 5.41) is 5.66. The fourth-order valence-electron chi connectivity index (χ4n) is 2.75. The maximum Gasteiger partial charge on any atom is 0.240 e. The fraction of sp³-hybridized carbons (Fsp3) is 0.105. The Kier molecular flexibility index (Phi) is 5.12. The number of benzene rings is 2. The lowest BCUT2D eigenvalue weighted by molar-refractivity contribution is 0.568. The second kappa shape index (κ2) is 7.04. The van der Waals surface area contributed by atoms with Gasteiger partial charge in [0.05, 0.1) is 0 Å². The third kappa shape index (κ3) is 3.78. The van der Waals surface area contributed by atoms with Crippen molar-refractivity contribution in [2.24, 2.45) is 5.14 Å². The predicted octanol–water partition coefficient (Wildman–Crippen LogP) is 4.54. The number of hydrogen-bond acceptors (Lipinski definition) is 3. The zero-order chi connectivity index (χ0) is 19.1. The van der Waals surface area contributed by atoms with Gasteiger partial charge in [-0.25, -0.2) is 17.9 Å². The SMILES string of the molecule is Cc1ccc(C2C=CC(c3ccc(S(N)(=O)=O)c(F)c3)=CC2=S)cc1Cl. The smallest absolute Gasteiger partial charge is 0.225 e. The Hall–Kier alpha value is -1.86. The summed E-state index contributed by atoms with van der Waals surface area (Å²) in [4.78, 5) is 0.134. The van der Waals surface area contributed by atoms with Crippen LogP contribution in [0.2, 0.25) is 5.02 Å². The largest absolute Gasteiger partial charge is 0.240 e. The van der Waals surface area contributed by atoms with Crippen LogP contribution >= 0.6 is 23.8 Å². The van der Waals surface area contributed by atoms with Crippen LogP contribution in [0.5, 0.6) is 0 Å². The number of sulfonamides is 1. The third-order valence-electron chi connectivity index (χ3n) is 4.20. The molecule has 0 heterocycles. The highest BCUT2D eigenvalue weighted by Crippen LogP contribution is 2.32. The molecule has 0 radical (unpaired) electrons. The molecule has 0 aliphatic heterocycles. The molecule has 0 saturated heterocycles. The number of thiocarbonyl (C=S) groups is 1. The molecule has 0 amide bonds. The summed E-state index contributed by atoms with van der Waals surface area (Å²) in [6.07, 6.45) is 5.53. The van der Waals surface area contributed by atoms with Gasteiger partial charge in [0.25, 0.3) is 0 Å². The number of aryl methyl sites for hydroxylation is 1. The number of allylic oxidation sites excluding steroid dienone is 4. The van der Waals surface area contributed by atoms with Crippen LogP contribution in [-0.4, -0.2) is 13.3 Å². The van der Waals surface area contributed by atoms with Crippen molar-refractivity contribution in [3.8, 4) is 0 Å². The summed E-state index contributed by atoms with van der Waals surface area (Å²) in [6.45, 7) is 1.93. The first kappa shape index (κ1) is 18.9. The normalized spacial score (nSPS) is 17.3. The van der Waals surface area contributed by atoms with Gasteiger partial charge in [-0.15, -0.1) is 0 Å². The van der Waals surface area contributed by atoms with E-state index in [-0.39, 0.29) is 5.92 Å². The molecule has 3 rings (SSSR count). The summed E-state index contributed by atoms with van der Waals surface area (Å²) in [6, 6.07) is 9.60. The molecule has 2 aromatic rings. The van der Waals surface area contributed by atoms with Gasteiger partial charge < -0.3 is 0 Å². The number of halogens is 2. The van der Waals surface area contributed by atoms with E-state index in [9.17, 15) is 12.8 Å². The average Bonchev–Trinajstić information content (AvgIpc) is 2.56. The Morgan fingerprint density at radius 1 is 1.19 bits per heavy atom. The maximum atomic E-state index is 14.1. The van der Waals surface area contributed by atoms with Crippen molar-refractivity contribution in [2.45, 2.75) is 17.7 Å². The van der Waals surface area contributed by atoms with Crippen LogP contribution in [0.4, 0.5) is 4.39 Å². The molecular weight excluding hydrogens is 393 g/mol. The van der Waals surface area contributed by atoms with Gasteiger partial charge in [-0.1, -0.05) is 54.2 Å². The predicted molar refractivity (Wildman–Crippen MR) is 106 cm³/mol. The van der Waals surface area contributed by atoms with Crippen LogP contribution in [0.3, 0.4) is 0 Å². The Bertz CT molecular complexity index is 1070. The number of hydrogen-bond donors (Lipinski definition) is 1. The number of primary sulfonamides is 1. The molecule has 0 saturated carbocycles. The second-order valence-electron chi connectivity index (χ2n) is 6.04. The maximum absolute atomic E-state index is 14.1. The van der Waals surface area contributed by atoms with Gasteiger partial charge in [-0.05, 0) is 53.5 Å². The standard InChI is InChI=1S/C19H15ClFNO2S2/c1-11-2-3-14(8-16(11)20)15-6-4-13(10-18(15)25)12-5-7-19(17(21)9-12)26(22,23)24/h2-10,15H,1H3,(H2,22,23,24). The van der Waals surface area contributed by atoms with Crippen molar-refractivity contribution >= 4 is 44.3 Å². The third-order valence-corrected chi connectivity index (χ3v) is 5.92. The molecule has 1 unspecified atom stereocenters. The molecule has 1 aliphatic carbocycles. The molecule has 0 fully saturated rings. The van der Waals surface area contributed by atoms with Crippen LogP contribution in [0.25, 0.3) is 5.57 Å². The van der Waals surface area contributed by atoms with Gasteiger partial charge in [-0.2, -0.15) is 0 Å². The number of rotatable bonds is 3. The van der Waals surface area contributed by atoms with Crippen molar-refractivity contribution < 1.29 is 12.8 Å². The lowest BCUT2D eigenvalue weighted by Crippen LogP contribution is -2.14. The summed E-state index contributed by atoms with van der Waals surface area (Å²) < 4.78 is 36.7. The molecule has 2 N–H and O–H groups in total. The Morgan fingerprint density at radius 2 is 1.92 bits per heavy atom. The monoisotopic (exact) mass is 407 g/mol. The molecular formula is C19H15ClFNO2S2. The fourth-order valence-corrected chi connectivity index (χ4v) is 3.87. The van der Waals surface area contributed by atoms with Gasteiger partial charge in [0, 0.05) is 15.8 Å². The molecule has 1 aliphatic rings. The highest BCUT2D eigenvalue weighted by molar-refractivity contribution is 7.89. The van der Waals surface area contributed by atoms with Gasteiger partial charge in [0.2, 0.25) is 10.0 Å². The Labute approximate surface area is 162 Å². The topological polar surface area (TPSA) is 60.2 Å². The summed E-state index contributed by atoms with van der Waals surface area (Å²) in [5.74, 6) is -0.988. The quantitative estimate of drug-likeness (QED) is 0.759. The Balaban J connectivity index is 1.91. The van der Waals surface area contributed by atoms with Crippen molar-refractivity contribution in [1.29, 1.82) is 0 Å². The van der Waals surface area contributed by atoms with Crippen LogP contribution in [0.1, 0.15) is 22.6 Å². The number of nitrogens with two attached hydrogens (primary N) is 1. The molecule has 7 heteroatoms. The summed E-state index contributed by atoms with van der Waals surface area (Å²) in [5.41, 5.74) is 3.19. The molecule has 1 atom stereocenters. The van der Waals surface area contributed by atoms with Crippen molar-refractivity contribution in [2.75, 3.05) is 0 Å². The minimum atomic E-state index is -4.09. The second-order valence-corrected chi connectivity index (χ2v) is 8.45. The summed E-state index contributed by atoms with van der Waals surface area (Å²) in [7, 11) is -4.09. The van der Waals surface area contributed by atoms with E-state index in [1.54, 1.807) is 6.08 Å². The van der Waals surface area contributed by atoms with E-state index < -0.39 is 20.7 Å². The molecule has 0 bridgehead atoms. The van der Waals surface area contributed by atoms with Crippen LogP contribution < -0.4 is 5.14 Å². The molecule has 0 aromatic heterocycles. The first-order chi connectivity index (χ1) is 12.2. The molecule has 3 nitrogen and oxygen atoms in total. The van der Waals surface area contributed by atoms with Crippen molar-refractivity contribution in [3.05, 3.63) is 82.2 Å². The zero-order valence-corrected chi connectivity index (χ0v) is 16.1. The molecule has 2 aromatic carbocycles. The van der Waals surface area contributed by atoms with E-state index in [0.717, 1.165) is 23.3 Å². The highest BCUT2D eigenvalue weighted by Gasteiger charge is 2.20. The van der Waals surface area contributed by atoms with Crippen molar-refractivity contribution in [1.82, 2.24) is 0 Å². The van der Waals surface area contributed by atoms with Gasteiger partial charge >= 0.3 is 0 Å². The molecule has 26 heavy (non-hydrogen) atoms. The lowest BCUT2D eigenvalue weighted by atomic mass is 9.87. The highest BCUT2D eigenvalue weighted by atomic mass is 35.5. The molecule has 134 valence electrons. The van der Waals surface area contributed by atoms with Crippen LogP contribution in [0, 0.1) is 12.7 Å². The minimum Gasteiger partial charge on any atom is -0.225 e. The van der Waals surface area contributed by atoms with Crippen LogP contribution in [-0.2, 0) is 10.0 Å².